The molecule has 0 aromatic heterocycles. The van der Waals surface area contributed by atoms with Crippen molar-refractivity contribution in [1.82, 2.24) is 9.44 Å². The molecule has 11 heteroatoms. The van der Waals surface area contributed by atoms with E-state index in [2.05, 4.69) is 5.32 Å². The van der Waals surface area contributed by atoms with Crippen LogP contribution in [0.3, 0.4) is 0 Å². The smallest absolute Gasteiger partial charge is 0.301 e. The van der Waals surface area contributed by atoms with Crippen LogP contribution in [0, 0.1) is 11.6 Å². The molecule has 2 amide bonds. The van der Waals surface area contributed by atoms with E-state index in [0.29, 0.717) is 6.42 Å². The van der Waals surface area contributed by atoms with Gasteiger partial charge in [-0.2, -0.15) is 8.42 Å². The molecule has 3 rings (SSSR count). The molecule has 0 saturated heterocycles. The maximum absolute atomic E-state index is 14.8. The van der Waals surface area contributed by atoms with Gasteiger partial charge in [0.25, 0.3) is 11.8 Å². The summed E-state index contributed by atoms with van der Waals surface area (Å²) in [5, 5.41) is 2.11. The summed E-state index contributed by atoms with van der Waals surface area (Å²) in [6.07, 6.45) is 0.613. The summed E-state index contributed by atoms with van der Waals surface area (Å²) in [6.45, 7) is 0. The van der Waals surface area contributed by atoms with Gasteiger partial charge in [-0.15, -0.1) is 0 Å². The SMILES string of the molecule is [2H]C([2H])([2H])Oc1cccc(-c2cc(F)c(NC(=O)C3=C(C(=O)NS(=O)(=O)NC)CCC3)c(F)c2)c1. The number of hydrogen-bond donors (Lipinski definition) is 3. The number of ether oxygens (including phenoxy) is 1. The van der Waals surface area contributed by atoms with E-state index >= 15 is 0 Å². The van der Waals surface area contributed by atoms with E-state index in [1.165, 1.54) is 24.3 Å². The molecule has 0 saturated carbocycles. The second-order valence-corrected chi connectivity index (χ2v) is 8.47. The first-order chi connectivity index (χ1) is 16.3. The Bertz CT molecular complexity index is 1290. The summed E-state index contributed by atoms with van der Waals surface area (Å²) in [5.74, 6) is -4.19. The lowest BCUT2D eigenvalue weighted by Crippen LogP contribution is -2.39. The number of carbonyl (C=O) groups excluding carboxylic acids is 2. The Morgan fingerprint density at radius 2 is 1.69 bits per heavy atom. The van der Waals surface area contributed by atoms with Crippen LogP contribution in [0.1, 0.15) is 23.4 Å². The molecular formula is C21H21F2N3O5S. The minimum atomic E-state index is -4.10. The molecular weight excluding hydrogens is 444 g/mol. The number of benzene rings is 2. The molecule has 0 fully saturated rings. The van der Waals surface area contributed by atoms with Gasteiger partial charge in [-0.25, -0.2) is 18.2 Å². The average Bonchev–Trinajstić information content (AvgIpc) is 3.25. The molecule has 2 aromatic carbocycles. The molecule has 1 aliphatic carbocycles. The Morgan fingerprint density at radius 3 is 2.31 bits per heavy atom. The minimum Gasteiger partial charge on any atom is -0.497 e. The van der Waals surface area contributed by atoms with Crippen molar-refractivity contribution >= 4 is 27.7 Å². The first-order valence-corrected chi connectivity index (χ1v) is 10.9. The number of amides is 2. The zero-order valence-electron chi connectivity index (χ0n) is 19.8. The number of carbonyl (C=O) groups is 2. The summed E-state index contributed by atoms with van der Waals surface area (Å²) in [5.41, 5.74) is -0.594. The van der Waals surface area contributed by atoms with Crippen LogP contribution in [-0.4, -0.2) is 34.3 Å². The molecule has 170 valence electrons. The fraction of sp³-hybridized carbons (Fsp3) is 0.238. The highest BCUT2D eigenvalue weighted by Crippen LogP contribution is 2.31. The lowest BCUT2D eigenvalue weighted by Gasteiger charge is -2.12. The van der Waals surface area contributed by atoms with Gasteiger partial charge < -0.3 is 10.1 Å². The van der Waals surface area contributed by atoms with Crippen molar-refractivity contribution < 1.29 is 35.6 Å². The Morgan fingerprint density at radius 1 is 1.03 bits per heavy atom. The minimum absolute atomic E-state index is 0.0278. The Kier molecular flexibility index (Phi) is 5.72. The number of anilines is 1. The zero-order valence-corrected chi connectivity index (χ0v) is 17.6. The average molecular weight is 468 g/mol. The number of hydrogen-bond acceptors (Lipinski definition) is 5. The molecule has 0 radical (unpaired) electrons. The molecule has 2 aromatic rings. The zero-order chi connectivity index (χ0) is 26.0. The largest absolute Gasteiger partial charge is 0.497 e. The predicted octanol–water partition coefficient (Wildman–Crippen LogP) is 2.64. The maximum atomic E-state index is 14.8. The summed E-state index contributed by atoms with van der Waals surface area (Å²) < 4.78 is 82.6. The third-order valence-corrected chi connectivity index (χ3v) is 5.82. The number of rotatable bonds is 7. The van der Waals surface area contributed by atoms with Crippen molar-refractivity contribution in [2.24, 2.45) is 0 Å². The van der Waals surface area contributed by atoms with Gasteiger partial charge in [-0.05, 0) is 54.7 Å². The summed E-state index contributed by atoms with van der Waals surface area (Å²) in [7, 11) is -5.71. The van der Waals surface area contributed by atoms with E-state index in [4.69, 9.17) is 8.85 Å². The van der Waals surface area contributed by atoms with E-state index < -0.39 is 46.4 Å². The normalized spacial score (nSPS) is 15.5. The van der Waals surface area contributed by atoms with Crippen LogP contribution in [0.5, 0.6) is 5.75 Å². The highest BCUT2D eigenvalue weighted by molar-refractivity contribution is 7.88. The third kappa shape index (κ3) is 5.11. The Labute approximate surface area is 188 Å². The van der Waals surface area contributed by atoms with Gasteiger partial charge in [-0.3, -0.25) is 9.59 Å². The van der Waals surface area contributed by atoms with Gasteiger partial charge in [-0.1, -0.05) is 12.1 Å². The number of methoxy groups -OCH3 is 1. The van der Waals surface area contributed by atoms with Crippen LogP contribution in [0.4, 0.5) is 14.5 Å². The van der Waals surface area contributed by atoms with E-state index in [9.17, 15) is 26.8 Å². The summed E-state index contributed by atoms with van der Waals surface area (Å²) in [4.78, 5) is 25.0. The van der Waals surface area contributed by atoms with Crippen molar-refractivity contribution in [1.29, 1.82) is 0 Å². The molecule has 0 heterocycles. The third-order valence-electron chi connectivity index (χ3n) is 4.83. The topological polar surface area (TPSA) is 114 Å². The van der Waals surface area contributed by atoms with Gasteiger partial charge >= 0.3 is 10.2 Å². The first-order valence-electron chi connectivity index (χ1n) is 10.9. The van der Waals surface area contributed by atoms with Crippen molar-refractivity contribution in [3.63, 3.8) is 0 Å². The fourth-order valence-electron chi connectivity index (χ4n) is 3.27. The molecule has 0 unspecified atom stereocenters. The Balaban J connectivity index is 1.85. The summed E-state index contributed by atoms with van der Waals surface area (Å²) in [6, 6.07) is 7.52. The quantitative estimate of drug-likeness (QED) is 0.578. The molecule has 3 N–H and O–H groups in total. The van der Waals surface area contributed by atoms with E-state index in [-0.39, 0.29) is 40.9 Å². The van der Waals surface area contributed by atoms with Gasteiger partial charge in [0.1, 0.15) is 23.1 Å². The molecule has 0 spiro atoms. The molecule has 32 heavy (non-hydrogen) atoms. The van der Waals surface area contributed by atoms with E-state index in [1.807, 2.05) is 4.72 Å². The fourth-order valence-corrected chi connectivity index (χ4v) is 3.74. The van der Waals surface area contributed by atoms with Crippen LogP contribution < -0.4 is 19.5 Å². The Hall–Kier alpha value is -3.31. The van der Waals surface area contributed by atoms with Crippen LogP contribution in [0.2, 0.25) is 0 Å². The molecule has 8 nitrogen and oxygen atoms in total. The molecule has 0 bridgehead atoms. The maximum Gasteiger partial charge on any atom is 0.301 e. The summed E-state index contributed by atoms with van der Waals surface area (Å²) >= 11 is 0. The second-order valence-electron chi connectivity index (χ2n) is 6.85. The standard InChI is InChI=1S/C21H21F2N3O5S/c1-24-32(29,30)26-21(28)16-8-4-7-15(16)20(27)25-19-17(22)10-13(11-18(19)23)12-5-3-6-14(9-12)31-2/h3,5-6,9-11,24H,4,7-8H2,1-2H3,(H,25,27)(H,26,28)/i2D3. The van der Waals surface area contributed by atoms with Crippen LogP contribution in [-0.2, 0) is 19.8 Å². The van der Waals surface area contributed by atoms with Gasteiger partial charge in [0, 0.05) is 18.2 Å². The monoisotopic (exact) mass is 468 g/mol. The molecule has 0 aliphatic heterocycles. The van der Waals surface area contributed by atoms with Crippen LogP contribution >= 0.6 is 0 Å². The lowest BCUT2D eigenvalue weighted by atomic mass is 10.0. The number of nitrogens with one attached hydrogen (secondary N) is 3. The van der Waals surface area contributed by atoms with Crippen LogP contribution in [0.25, 0.3) is 11.1 Å². The van der Waals surface area contributed by atoms with Gasteiger partial charge in [0.05, 0.1) is 11.2 Å². The van der Waals surface area contributed by atoms with Gasteiger partial charge in [0.15, 0.2) is 0 Å². The predicted molar refractivity (Wildman–Crippen MR) is 114 cm³/mol. The first kappa shape index (κ1) is 19.4. The lowest BCUT2D eigenvalue weighted by molar-refractivity contribution is -0.117. The van der Waals surface area contributed by atoms with Crippen molar-refractivity contribution in [2.45, 2.75) is 19.3 Å². The number of halogens is 2. The highest BCUT2D eigenvalue weighted by Gasteiger charge is 2.28. The van der Waals surface area contributed by atoms with Crippen LogP contribution in [0.15, 0.2) is 47.5 Å². The second kappa shape index (κ2) is 9.45. The van der Waals surface area contributed by atoms with Gasteiger partial charge in [0.2, 0.25) is 0 Å². The van der Waals surface area contributed by atoms with Crippen molar-refractivity contribution in [2.75, 3.05) is 19.4 Å². The molecule has 0 atom stereocenters. The highest BCUT2D eigenvalue weighted by atomic mass is 32.2. The molecule has 1 aliphatic rings. The van der Waals surface area contributed by atoms with E-state index in [0.717, 1.165) is 19.2 Å². The van der Waals surface area contributed by atoms with E-state index in [1.54, 1.807) is 4.72 Å². The van der Waals surface area contributed by atoms with Crippen molar-refractivity contribution in [3.8, 4) is 16.9 Å². The van der Waals surface area contributed by atoms with Crippen molar-refractivity contribution in [3.05, 3.63) is 59.2 Å².